The summed E-state index contributed by atoms with van der Waals surface area (Å²) in [5, 5.41) is 6.92. The molecule has 90 valence electrons. The first-order chi connectivity index (χ1) is 8.25. The summed E-state index contributed by atoms with van der Waals surface area (Å²) in [6, 6.07) is 9.85. The Hall–Kier alpha value is -0.540. The molecule has 0 unspecified atom stereocenters. The number of thiophene rings is 1. The van der Waals surface area contributed by atoms with Crippen molar-refractivity contribution < 1.29 is 0 Å². The fourth-order valence-electron chi connectivity index (χ4n) is 1.57. The molecule has 4 heteroatoms. The van der Waals surface area contributed by atoms with Gasteiger partial charge in [-0.05, 0) is 42.1 Å². The van der Waals surface area contributed by atoms with Crippen LogP contribution in [0.4, 0.5) is 0 Å². The highest BCUT2D eigenvalue weighted by atomic mass is 35.5. The van der Waals surface area contributed by atoms with Gasteiger partial charge in [-0.25, -0.2) is 0 Å². The van der Waals surface area contributed by atoms with Crippen molar-refractivity contribution in [2.45, 2.75) is 13.0 Å². The maximum absolute atomic E-state index is 6.10. The van der Waals surface area contributed by atoms with Crippen LogP contribution in [-0.4, -0.2) is 6.54 Å². The van der Waals surface area contributed by atoms with E-state index in [9.17, 15) is 0 Å². The molecule has 0 saturated carbocycles. The van der Waals surface area contributed by atoms with E-state index in [1.165, 1.54) is 4.88 Å². The van der Waals surface area contributed by atoms with Gasteiger partial charge in [-0.2, -0.15) is 0 Å². The SMILES string of the molecule is Clc1ccc(CCNCc2cccs2)c(Cl)c1. The number of nitrogens with one attached hydrogen (secondary N) is 1. The third-order valence-corrected chi connectivity index (χ3v) is 3.93. The molecule has 0 aliphatic carbocycles. The van der Waals surface area contributed by atoms with Gasteiger partial charge in [0, 0.05) is 21.5 Å². The first kappa shape index (κ1) is 12.9. The van der Waals surface area contributed by atoms with Gasteiger partial charge in [-0.3, -0.25) is 0 Å². The van der Waals surface area contributed by atoms with Crippen LogP contribution < -0.4 is 5.32 Å². The van der Waals surface area contributed by atoms with Crippen molar-refractivity contribution in [2.24, 2.45) is 0 Å². The Labute approximate surface area is 115 Å². The molecule has 0 atom stereocenters. The van der Waals surface area contributed by atoms with Crippen molar-refractivity contribution in [1.29, 1.82) is 0 Å². The summed E-state index contributed by atoms with van der Waals surface area (Å²) in [5.74, 6) is 0. The molecule has 0 saturated heterocycles. The Balaban J connectivity index is 1.78. The molecule has 0 bridgehead atoms. The van der Waals surface area contributed by atoms with E-state index < -0.39 is 0 Å². The standard InChI is InChI=1S/C13H13Cl2NS/c14-11-4-3-10(13(15)8-11)5-6-16-9-12-2-1-7-17-12/h1-4,7-8,16H,5-6,9H2. The topological polar surface area (TPSA) is 12.0 Å². The van der Waals surface area contributed by atoms with Crippen LogP contribution in [0.15, 0.2) is 35.7 Å². The molecule has 0 radical (unpaired) electrons. The van der Waals surface area contributed by atoms with Crippen LogP contribution in [-0.2, 0) is 13.0 Å². The van der Waals surface area contributed by atoms with E-state index in [0.29, 0.717) is 5.02 Å². The normalized spacial score (nSPS) is 10.7. The molecule has 2 rings (SSSR count). The van der Waals surface area contributed by atoms with E-state index >= 15 is 0 Å². The highest BCUT2D eigenvalue weighted by Crippen LogP contribution is 2.21. The number of rotatable bonds is 5. The molecular formula is C13H13Cl2NS. The van der Waals surface area contributed by atoms with E-state index in [2.05, 4.69) is 22.8 Å². The van der Waals surface area contributed by atoms with E-state index in [1.54, 1.807) is 17.4 Å². The van der Waals surface area contributed by atoms with E-state index in [4.69, 9.17) is 23.2 Å². The predicted molar refractivity (Wildman–Crippen MR) is 76.2 cm³/mol. The lowest BCUT2D eigenvalue weighted by atomic mass is 10.1. The minimum atomic E-state index is 0.685. The average Bonchev–Trinajstić information content (AvgIpc) is 2.79. The minimum absolute atomic E-state index is 0.685. The van der Waals surface area contributed by atoms with Crippen LogP contribution in [0.2, 0.25) is 10.0 Å². The van der Waals surface area contributed by atoms with Gasteiger partial charge in [0.25, 0.3) is 0 Å². The van der Waals surface area contributed by atoms with Gasteiger partial charge in [0.2, 0.25) is 0 Å². The van der Waals surface area contributed by atoms with Gasteiger partial charge < -0.3 is 5.32 Å². The van der Waals surface area contributed by atoms with Crippen LogP contribution >= 0.6 is 34.5 Å². The first-order valence-corrected chi connectivity index (χ1v) is 7.06. The second kappa shape index (κ2) is 6.41. The molecule has 0 aliphatic heterocycles. The highest BCUT2D eigenvalue weighted by molar-refractivity contribution is 7.09. The molecule has 2 aromatic rings. The minimum Gasteiger partial charge on any atom is -0.312 e. The fourth-order valence-corrected chi connectivity index (χ4v) is 2.75. The van der Waals surface area contributed by atoms with Crippen LogP contribution in [0.3, 0.4) is 0 Å². The predicted octanol–water partition coefficient (Wildman–Crippen LogP) is 4.39. The summed E-state index contributed by atoms with van der Waals surface area (Å²) in [6.07, 6.45) is 0.918. The van der Waals surface area contributed by atoms with Crippen LogP contribution in [0.1, 0.15) is 10.4 Å². The van der Waals surface area contributed by atoms with Crippen molar-refractivity contribution in [3.8, 4) is 0 Å². The van der Waals surface area contributed by atoms with Crippen molar-refractivity contribution >= 4 is 34.5 Å². The molecule has 0 amide bonds. The molecule has 1 heterocycles. The third kappa shape index (κ3) is 4.00. The quantitative estimate of drug-likeness (QED) is 0.804. The highest BCUT2D eigenvalue weighted by Gasteiger charge is 2.01. The van der Waals surface area contributed by atoms with Crippen molar-refractivity contribution in [2.75, 3.05) is 6.54 Å². The second-order valence-corrected chi connectivity index (χ2v) is 5.62. The largest absolute Gasteiger partial charge is 0.312 e. The molecule has 0 spiro atoms. The third-order valence-electron chi connectivity index (χ3n) is 2.47. The summed E-state index contributed by atoms with van der Waals surface area (Å²) in [4.78, 5) is 1.35. The average molecular weight is 286 g/mol. The molecule has 1 aromatic heterocycles. The van der Waals surface area contributed by atoms with Crippen LogP contribution in [0.25, 0.3) is 0 Å². The lowest BCUT2D eigenvalue weighted by molar-refractivity contribution is 0.694. The fraction of sp³-hybridized carbons (Fsp3) is 0.231. The second-order valence-electron chi connectivity index (χ2n) is 3.74. The summed E-state index contributed by atoms with van der Waals surface area (Å²) in [6.45, 7) is 1.84. The zero-order valence-electron chi connectivity index (χ0n) is 9.25. The Morgan fingerprint density at radius 1 is 1.18 bits per heavy atom. The molecule has 0 fully saturated rings. The molecule has 0 aliphatic rings. The van der Waals surface area contributed by atoms with E-state index in [1.807, 2.05) is 12.1 Å². The number of hydrogen-bond donors (Lipinski definition) is 1. The molecule has 17 heavy (non-hydrogen) atoms. The zero-order valence-corrected chi connectivity index (χ0v) is 11.6. The van der Waals surface area contributed by atoms with Crippen LogP contribution in [0, 0.1) is 0 Å². The Kier molecular flexibility index (Phi) is 4.86. The summed E-state index contributed by atoms with van der Waals surface area (Å²) >= 11 is 13.7. The monoisotopic (exact) mass is 285 g/mol. The van der Waals surface area contributed by atoms with Crippen molar-refractivity contribution in [1.82, 2.24) is 5.32 Å². The number of hydrogen-bond acceptors (Lipinski definition) is 2. The van der Waals surface area contributed by atoms with Gasteiger partial charge in [0.05, 0.1) is 0 Å². The maximum atomic E-state index is 6.10. The smallest absolute Gasteiger partial charge is 0.0453 e. The number of halogens is 2. The Morgan fingerprint density at radius 3 is 2.76 bits per heavy atom. The molecule has 1 N–H and O–H groups in total. The van der Waals surface area contributed by atoms with Crippen LogP contribution in [0.5, 0.6) is 0 Å². The molecule has 1 nitrogen and oxygen atoms in total. The number of benzene rings is 1. The van der Waals surface area contributed by atoms with Gasteiger partial charge in [-0.1, -0.05) is 35.3 Å². The van der Waals surface area contributed by atoms with Gasteiger partial charge in [0.1, 0.15) is 0 Å². The van der Waals surface area contributed by atoms with E-state index in [0.717, 1.165) is 30.1 Å². The van der Waals surface area contributed by atoms with Crippen molar-refractivity contribution in [3.05, 3.63) is 56.2 Å². The molecular weight excluding hydrogens is 273 g/mol. The zero-order chi connectivity index (χ0) is 12.1. The van der Waals surface area contributed by atoms with E-state index in [-0.39, 0.29) is 0 Å². The van der Waals surface area contributed by atoms with Gasteiger partial charge >= 0.3 is 0 Å². The maximum Gasteiger partial charge on any atom is 0.0453 e. The summed E-state index contributed by atoms with van der Waals surface area (Å²) in [5.41, 5.74) is 1.13. The lowest BCUT2D eigenvalue weighted by Gasteiger charge is -2.06. The summed E-state index contributed by atoms with van der Waals surface area (Å²) < 4.78 is 0. The van der Waals surface area contributed by atoms with Gasteiger partial charge in [0.15, 0.2) is 0 Å². The molecule has 1 aromatic carbocycles. The Morgan fingerprint density at radius 2 is 2.06 bits per heavy atom. The lowest BCUT2D eigenvalue weighted by Crippen LogP contribution is -2.16. The summed E-state index contributed by atoms with van der Waals surface area (Å²) in [7, 11) is 0. The van der Waals surface area contributed by atoms with Gasteiger partial charge in [-0.15, -0.1) is 11.3 Å². The van der Waals surface area contributed by atoms with Crippen molar-refractivity contribution in [3.63, 3.8) is 0 Å². The Bertz CT molecular complexity index is 468. The first-order valence-electron chi connectivity index (χ1n) is 5.43.